The summed E-state index contributed by atoms with van der Waals surface area (Å²) in [5, 5.41) is 1.22. The Bertz CT molecular complexity index is 323. The minimum absolute atomic E-state index is 0.197. The smallest absolute Gasteiger partial charge is 0.104 e. The van der Waals surface area contributed by atoms with Crippen LogP contribution in [0.4, 0.5) is 0 Å². The zero-order chi connectivity index (χ0) is 10.7. The number of hydrogen-bond acceptors (Lipinski definition) is 2. The first kappa shape index (κ1) is 11.1. The van der Waals surface area contributed by atoms with Gasteiger partial charge in [0.25, 0.3) is 0 Å². The van der Waals surface area contributed by atoms with E-state index in [1.54, 1.807) is 0 Å². The van der Waals surface area contributed by atoms with E-state index in [0.717, 1.165) is 19.6 Å². The summed E-state index contributed by atoms with van der Waals surface area (Å²) in [6, 6.07) is 8.33. The molecule has 82 valence electrons. The SMILES string of the molecule is CCC(OCC1CO1)c1ccccc1P. The highest BCUT2D eigenvalue weighted by molar-refractivity contribution is 7.27. The van der Waals surface area contributed by atoms with Gasteiger partial charge in [-0.1, -0.05) is 31.2 Å². The summed E-state index contributed by atoms with van der Waals surface area (Å²) in [5.74, 6) is 0. The first-order valence-corrected chi connectivity index (χ1v) is 5.96. The fraction of sp³-hybridized carbons (Fsp3) is 0.500. The Labute approximate surface area is 93.2 Å². The van der Waals surface area contributed by atoms with Gasteiger partial charge in [0, 0.05) is 0 Å². The lowest BCUT2D eigenvalue weighted by molar-refractivity contribution is 0.0401. The van der Waals surface area contributed by atoms with E-state index in [-0.39, 0.29) is 6.10 Å². The lowest BCUT2D eigenvalue weighted by Crippen LogP contribution is -2.13. The zero-order valence-electron chi connectivity index (χ0n) is 8.98. The highest BCUT2D eigenvalue weighted by Gasteiger charge is 2.24. The van der Waals surface area contributed by atoms with Crippen molar-refractivity contribution in [2.45, 2.75) is 25.6 Å². The van der Waals surface area contributed by atoms with Crippen LogP contribution in [0.25, 0.3) is 0 Å². The summed E-state index contributed by atoms with van der Waals surface area (Å²) >= 11 is 0. The first-order chi connectivity index (χ1) is 7.31. The second kappa shape index (κ2) is 5.07. The van der Waals surface area contributed by atoms with Gasteiger partial charge in [-0.05, 0) is 17.3 Å². The fourth-order valence-electron chi connectivity index (χ4n) is 1.62. The van der Waals surface area contributed by atoms with E-state index in [4.69, 9.17) is 9.47 Å². The van der Waals surface area contributed by atoms with E-state index in [9.17, 15) is 0 Å². The van der Waals surface area contributed by atoms with Gasteiger partial charge in [-0.3, -0.25) is 0 Å². The third-order valence-corrected chi connectivity index (χ3v) is 3.13. The predicted octanol–water partition coefficient (Wildman–Crippen LogP) is 2.05. The van der Waals surface area contributed by atoms with Gasteiger partial charge in [0.2, 0.25) is 0 Å². The van der Waals surface area contributed by atoms with Gasteiger partial charge in [0.05, 0.1) is 19.3 Å². The van der Waals surface area contributed by atoms with Crippen molar-refractivity contribution in [2.24, 2.45) is 0 Å². The maximum atomic E-state index is 5.84. The fourth-order valence-corrected chi connectivity index (χ4v) is 2.01. The molecule has 3 heteroatoms. The Balaban J connectivity index is 2.00. The van der Waals surface area contributed by atoms with Crippen molar-refractivity contribution in [3.8, 4) is 0 Å². The molecule has 0 bridgehead atoms. The van der Waals surface area contributed by atoms with Gasteiger partial charge in [-0.15, -0.1) is 9.24 Å². The molecule has 2 nitrogen and oxygen atoms in total. The monoisotopic (exact) mass is 224 g/mol. The molecule has 1 aromatic carbocycles. The van der Waals surface area contributed by atoms with Crippen LogP contribution in [0.15, 0.2) is 24.3 Å². The zero-order valence-corrected chi connectivity index (χ0v) is 10.1. The van der Waals surface area contributed by atoms with Gasteiger partial charge in [-0.2, -0.15) is 0 Å². The van der Waals surface area contributed by atoms with Crippen molar-refractivity contribution in [2.75, 3.05) is 13.2 Å². The highest BCUT2D eigenvalue weighted by atomic mass is 31.0. The molecular weight excluding hydrogens is 207 g/mol. The van der Waals surface area contributed by atoms with E-state index in [1.807, 2.05) is 6.07 Å². The molecule has 0 aliphatic carbocycles. The molecule has 0 aromatic heterocycles. The molecule has 15 heavy (non-hydrogen) atoms. The summed E-state index contributed by atoms with van der Waals surface area (Å²) in [7, 11) is 2.76. The van der Waals surface area contributed by atoms with Gasteiger partial charge in [0.15, 0.2) is 0 Å². The Morgan fingerprint density at radius 3 is 2.87 bits per heavy atom. The van der Waals surface area contributed by atoms with E-state index in [2.05, 4.69) is 34.4 Å². The van der Waals surface area contributed by atoms with Crippen molar-refractivity contribution in [3.05, 3.63) is 29.8 Å². The average Bonchev–Trinajstić information content (AvgIpc) is 3.05. The van der Waals surface area contributed by atoms with Crippen LogP contribution in [0.2, 0.25) is 0 Å². The molecule has 0 saturated carbocycles. The number of benzene rings is 1. The number of ether oxygens (including phenoxy) is 2. The largest absolute Gasteiger partial charge is 0.371 e. The van der Waals surface area contributed by atoms with Gasteiger partial charge < -0.3 is 9.47 Å². The van der Waals surface area contributed by atoms with Crippen LogP contribution in [0.1, 0.15) is 25.0 Å². The second-order valence-corrected chi connectivity index (χ2v) is 4.44. The molecule has 1 heterocycles. The van der Waals surface area contributed by atoms with Gasteiger partial charge in [0.1, 0.15) is 6.10 Å². The van der Waals surface area contributed by atoms with Crippen LogP contribution >= 0.6 is 9.24 Å². The molecule has 1 aromatic rings. The molecule has 0 amide bonds. The summed E-state index contributed by atoms with van der Waals surface area (Å²) in [6.45, 7) is 3.73. The summed E-state index contributed by atoms with van der Waals surface area (Å²) < 4.78 is 11.0. The molecule has 1 saturated heterocycles. The maximum Gasteiger partial charge on any atom is 0.104 e. The van der Waals surface area contributed by atoms with Crippen LogP contribution in [0.3, 0.4) is 0 Å². The van der Waals surface area contributed by atoms with E-state index >= 15 is 0 Å². The van der Waals surface area contributed by atoms with Gasteiger partial charge >= 0.3 is 0 Å². The van der Waals surface area contributed by atoms with Crippen molar-refractivity contribution in [1.29, 1.82) is 0 Å². The predicted molar refractivity (Wildman–Crippen MR) is 64.5 cm³/mol. The minimum Gasteiger partial charge on any atom is -0.371 e. The van der Waals surface area contributed by atoms with Crippen LogP contribution in [-0.2, 0) is 9.47 Å². The Morgan fingerprint density at radius 1 is 1.53 bits per heavy atom. The molecule has 3 unspecified atom stereocenters. The average molecular weight is 224 g/mol. The molecule has 3 atom stereocenters. The van der Waals surface area contributed by atoms with Crippen LogP contribution in [0, 0.1) is 0 Å². The van der Waals surface area contributed by atoms with Crippen LogP contribution in [-0.4, -0.2) is 19.3 Å². The maximum absolute atomic E-state index is 5.84. The number of epoxide rings is 1. The molecule has 1 aliphatic heterocycles. The molecule has 0 spiro atoms. The molecule has 0 N–H and O–H groups in total. The topological polar surface area (TPSA) is 21.8 Å². The van der Waals surface area contributed by atoms with Crippen molar-refractivity contribution < 1.29 is 9.47 Å². The number of rotatable bonds is 5. The van der Waals surface area contributed by atoms with E-state index in [0.29, 0.717) is 6.10 Å². The molecule has 0 radical (unpaired) electrons. The third kappa shape index (κ3) is 3.01. The van der Waals surface area contributed by atoms with Crippen molar-refractivity contribution in [1.82, 2.24) is 0 Å². The molecule has 1 fully saturated rings. The summed E-state index contributed by atoms with van der Waals surface area (Å²) in [5.41, 5.74) is 1.27. The Morgan fingerprint density at radius 2 is 2.27 bits per heavy atom. The quantitative estimate of drug-likeness (QED) is 0.564. The molecule has 1 aliphatic rings. The van der Waals surface area contributed by atoms with Crippen LogP contribution in [0.5, 0.6) is 0 Å². The molecular formula is C12H17O2P. The first-order valence-electron chi connectivity index (χ1n) is 5.39. The van der Waals surface area contributed by atoms with Crippen molar-refractivity contribution >= 4 is 14.5 Å². The van der Waals surface area contributed by atoms with E-state index in [1.165, 1.54) is 10.9 Å². The highest BCUT2D eigenvalue weighted by Crippen LogP contribution is 2.22. The van der Waals surface area contributed by atoms with E-state index < -0.39 is 0 Å². The second-order valence-electron chi connectivity index (χ2n) is 3.81. The third-order valence-electron chi connectivity index (χ3n) is 2.60. The van der Waals surface area contributed by atoms with Crippen molar-refractivity contribution in [3.63, 3.8) is 0 Å². The molecule has 2 rings (SSSR count). The number of hydrogen-bond donors (Lipinski definition) is 0. The summed E-state index contributed by atoms with van der Waals surface area (Å²) in [6.07, 6.45) is 1.54. The van der Waals surface area contributed by atoms with Gasteiger partial charge in [-0.25, -0.2) is 0 Å². The lowest BCUT2D eigenvalue weighted by atomic mass is 10.1. The standard InChI is InChI=1S/C12H17O2P/c1-2-11(14-8-9-7-13-9)10-5-3-4-6-12(10)15/h3-6,9,11H,2,7-8,15H2,1H3. The minimum atomic E-state index is 0.197. The van der Waals surface area contributed by atoms with Crippen LogP contribution < -0.4 is 5.30 Å². The normalized spacial score (nSPS) is 21.3. The lowest BCUT2D eigenvalue weighted by Gasteiger charge is -2.17. The Hall–Kier alpha value is -0.430. The summed E-state index contributed by atoms with van der Waals surface area (Å²) in [4.78, 5) is 0. The Kier molecular flexibility index (Phi) is 3.74.